The average molecular weight is 388 g/mol. The molecule has 1 aliphatic heterocycles. The fraction of sp³-hybridized carbons (Fsp3) is 0.636. The standard InChI is InChI=1S/C11H16BrClN2O2S2/c12-11-9(13)8-10(18-11)19(16,17)14-4-3-7-15-5-1-2-6-15/h8,14H,1-7H2. The fourth-order valence-corrected chi connectivity index (χ4v) is 5.56. The quantitative estimate of drug-likeness (QED) is 0.764. The first-order chi connectivity index (χ1) is 8.99. The number of halogens is 2. The molecule has 0 aromatic carbocycles. The molecule has 2 heterocycles. The van der Waals surface area contributed by atoms with Crippen molar-refractivity contribution >= 4 is 48.9 Å². The topological polar surface area (TPSA) is 49.4 Å². The van der Waals surface area contributed by atoms with Crippen molar-refractivity contribution in [2.75, 3.05) is 26.2 Å². The molecule has 1 aromatic rings. The Morgan fingerprint density at radius 3 is 2.68 bits per heavy atom. The van der Waals surface area contributed by atoms with Crippen LogP contribution in [0.5, 0.6) is 0 Å². The SMILES string of the molecule is O=S(=O)(NCCCN1CCCC1)c1cc(Cl)c(Br)s1. The first kappa shape index (κ1) is 15.7. The van der Waals surface area contributed by atoms with Gasteiger partial charge in [-0.2, -0.15) is 0 Å². The molecule has 1 aliphatic rings. The fourth-order valence-electron chi connectivity index (χ4n) is 2.05. The van der Waals surface area contributed by atoms with Crippen molar-refractivity contribution in [3.8, 4) is 0 Å². The van der Waals surface area contributed by atoms with Crippen molar-refractivity contribution in [3.63, 3.8) is 0 Å². The summed E-state index contributed by atoms with van der Waals surface area (Å²) in [6, 6.07) is 1.47. The largest absolute Gasteiger partial charge is 0.303 e. The van der Waals surface area contributed by atoms with Crippen LogP contribution in [0.15, 0.2) is 14.1 Å². The normalized spacial score (nSPS) is 17.2. The maximum atomic E-state index is 12.0. The molecule has 1 fully saturated rings. The minimum atomic E-state index is -3.42. The van der Waals surface area contributed by atoms with Crippen LogP contribution in [0.2, 0.25) is 5.02 Å². The number of sulfonamides is 1. The van der Waals surface area contributed by atoms with Gasteiger partial charge in [-0.3, -0.25) is 0 Å². The molecule has 2 rings (SSSR count). The van der Waals surface area contributed by atoms with Gasteiger partial charge in [0, 0.05) is 6.54 Å². The lowest BCUT2D eigenvalue weighted by molar-refractivity contribution is 0.334. The maximum absolute atomic E-state index is 12.0. The summed E-state index contributed by atoms with van der Waals surface area (Å²) >= 11 is 10.2. The number of nitrogens with zero attached hydrogens (tertiary/aromatic N) is 1. The highest BCUT2D eigenvalue weighted by Gasteiger charge is 2.18. The van der Waals surface area contributed by atoms with E-state index in [1.54, 1.807) is 0 Å². The highest BCUT2D eigenvalue weighted by Crippen LogP contribution is 2.34. The van der Waals surface area contributed by atoms with E-state index in [2.05, 4.69) is 25.6 Å². The summed E-state index contributed by atoms with van der Waals surface area (Å²) in [5.41, 5.74) is 0. The summed E-state index contributed by atoms with van der Waals surface area (Å²) in [5.74, 6) is 0. The van der Waals surface area contributed by atoms with E-state index in [1.807, 2.05) is 0 Å². The minimum Gasteiger partial charge on any atom is -0.303 e. The van der Waals surface area contributed by atoms with Gasteiger partial charge in [0.2, 0.25) is 10.0 Å². The number of likely N-dealkylation sites (tertiary alicyclic amines) is 1. The van der Waals surface area contributed by atoms with Gasteiger partial charge < -0.3 is 4.90 Å². The Kier molecular flexibility index (Phi) is 5.68. The third-order valence-corrected chi connectivity index (χ3v) is 7.44. The van der Waals surface area contributed by atoms with Gasteiger partial charge in [-0.05, 0) is 60.9 Å². The Balaban J connectivity index is 1.80. The first-order valence-corrected chi connectivity index (χ1v) is 9.63. The van der Waals surface area contributed by atoms with E-state index in [4.69, 9.17) is 11.6 Å². The predicted octanol–water partition coefficient (Wildman–Crippen LogP) is 2.93. The van der Waals surface area contributed by atoms with Crippen molar-refractivity contribution in [2.24, 2.45) is 0 Å². The van der Waals surface area contributed by atoms with Crippen LogP contribution in [0.4, 0.5) is 0 Å². The zero-order valence-corrected chi connectivity index (χ0v) is 14.3. The molecule has 0 saturated carbocycles. The Bertz CT molecular complexity index is 507. The summed E-state index contributed by atoms with van der Waals surface area (Å²) in [4.78, 5) is 2.37. The van der Waals surface area contributed by atoms with Crippen molar-refractivity contribution in [2.45, 2.75) is 23.5 Å². The maximum Gasteiger partial charge on any atom is 0.250 e. The molecule has 0 bridgehead atoms. The molecule has 108 valence electrons. The van der Waals surface area contributed by atoms with E-state index in [9.17, 15) is 8.42 Å². The smallest absolute Gasteiger partial charge is 0.250 e. The minimum absolute atomic E-state index is 0.255. The highest BCUT2D eigenvalue weighted by molar-refractivity contribution is 9.11. The van der Waals surface area contributed by atoms with Gasteiger partial charge in [0.05, 0.1) is 8.81 Å². The molecule has 1 N–H and O–H groups in total. The number of nitrogens with one attached hydrogen (secondary N) is 1. The molecule has 0 amide bonds. The first-order valence-electron chi connectivity index (χ1n) is 6.16. The second-order valence-corrected chi connectivity index (χ2v) is 9.26. The molecule has 8 heteroatoms. The molecule has 4 nitrogen and oxygen atoms in total. The molecule has 1 aromatic heterocycles. The lowest BCUT2D eigenvalue weighted by Gasteiger charge is -2.14. The van der Waals surface area contributed by atoms with Gasteiger partial charge in [-0.25, -0.2) is 13.1 Å². The summed E-state index contributed by atoms with van der Waals surface area (Å²) in [7, 11) is -3.42. The molecular weight excluding hydrogens is 372 g/mol. The Morgan fingerprint density at radius 2 is 2.11 bits per heavy atom. The van der Waals surface area contributed by atoms with Crippen LogP contribution in [0, 0.1) is 0 Å². The lowest BCUT2D eigenvalue weighted by atomic mass is 10.4. The Labute approximate surface area is 131 Å². The van der Waals surface area contributed by atoms with Crippen LogP contribution in [0.25, 0.3) is 0 Å². The van der Waals surface area contributed by atoms with Gasteiger partial charge >= 0.3 is 0 Å². The van der Waals surface area contributed by atoms with Crippen LogP contribution in [-0.4, -0.2) is 39.5 Å². The van der Waals surface area contributed by atoms with Gasteiger partial charge in [0.15, 0.2) is 0 Å². The van der Waals surface area contributed by atoms with E-state index in [0.29, 0.717) is 15.4 Å². The van der Waals surface area contributed by atoms with Crippen molar-refractivity contribution < 1.29 is 8.42 Å². The van der Waals surface area contributed by atoms with E-state index < -0.39 is 10.0 Å². The van der Waals surface area contributed by atoms with Gasteiger partial charge in [0.25, 0.3) is 0 Å². The summed E-state index contributed by atoms with van der Waals surface area (Å²) < 4.78 is 27.5. The van der Waals surface area contributed by atoms with E-state index in [-0.39, 0.29) is 4.21 Å². The molecule has 19 heavy (non-hydrogen) atoms. The molecule has 1 saturated heterocycles. The number of hydrogen-bond donors (Lipinski definition) is 1. The number of thiophene rings is 1. The number of hydrogen-bond acceptors (Lipinski definition) is 4. The van der Waals surface area contributed by atoms with Crippen molar-refractivity contribution in [1.29, 1.82) is 0 Å². The summed E-state index contributed by atoms with van der Waals surface area (Å²) in [6.45, 7) is 3.70. The van der Waals surface area contributed by atoms with E-state index in [1.165, 1.54) is 18.9 Å². The average Bonchev–Trinajstić information content (AvgIpc) is 2.96. The monoisotopic (exact) mass is 386 g/mol. The van der Waals surface area contributed by atoms with Gasteiger partial charge in [0.1, 0.15) is 4.21 Å². The van der Waals surface area contributed by atoms with E-state index >= 15 is 0 Å². The molecule has 0 aliphatic carbocycles. The Hall–Kier alpha value is 0.340. The molecule has 0 radical (unpaired) electrons. The highest BCUT2D eigenvalue weighted by atomic mass is 79.9. The summed E-state index contributed by atoms with van der Waals surface area (Å²) in [6.07, 6.45) is 3.35. The third-order valence-electron chi connectivity index (χ3n) is 3.03. The van der Waals surface area contributed by atoms with Crippen molar-refractivity contribution in [1.82, 2.24) is 9.62 Å². The van der Waals surface area contributed by atoms with Crippen LogP contribution in [0.1, 0.15) is 19.3 Å². The van der Waals surface area contributed by atoms with Crippen LogP contribution in [0.3, 0.4) is 0 Å². The summed E-state index contributed by atoms with van der Waals surface area (Å²) in [5, 5.41) is 0.433. The van der Waals surface area contributed by atoms with Crippen molar-refractivity contribution in [3.05, 3.63) is 14.9 Å². The molecule has 0 spiro atoms. The van der Waals surface area contributed by atoms with Crippen LogP contribution < -0.4 is 4.72 Å². The van der Waals surface area contributed by atoms with E-state index in [0.717, 1.165) is 37.4 Å². The Morgan fingerprint density at radius 1 is 1.42 bits per heavy atom. The number of rotatable bonds is 6. The zero-order chi connectivity index (χ0) is 13.9. The van der Waals surface area contributed by atoms with Gasteiger partial charge in [-0.1, -0.05) is 11.6 Å². The molecule has 0 atom stereocenters. The molecular formula is C11H16BrClN2O2S2. The lowest BCUT2D eigenvalue weighted by Crippen LogP contribution is -2.28. The third kappa shape index (κ3) is 4.41. The predicted molar refractivity (Wildman–Crippen MR) is 82.5 cm³/mol. The second-order valence-electron chi connectivity index (χ2n) is 4.49. The van der Waals surface area contributed by atoms with Crippen LogP contribution >= 0.6 is 38.9 Å². The molecule has 0 unspecified atom stereocenters. The zero-order valence-electron chi connectivity index (χ0n) is 10.4. The van der Waals surface area contributed by atoms with Crippen LogP contribution in [-0.2, 0) is 10.0 Å². The van der Waals surface area contributed by atoms with Gasteiger partial charge in [-0.15, -0.1) is 11.3 Å². The second kappa shape index (κ2) is 6.87.